The average molecular weight is 421 g/mol. The van der Waals surface area contributed by atoms with Gasteiger partial charge in [0.15, 0.2) is 0 Å². The lowest BCUT2D eigenvalue weighted by atomic mass is 9.70. The molecular weight excluding hydrogens is 391 g/mol. The maximum Gasteiger partial charge on any atom is 0.227 e. The summed E-state index contributed by atoms with van der Waals surface area (Å²) in [5.74, 6) is 0.535. The minimum absolute atomic E-state index is 0.00570. The standard InChI is InChI=1S/C26H29FN2O2/c27-22-10-5-4-9-19(22)15-26(31)28-16-20-14-21(17-28)24(13-18-7-2-1-3-8-18)29-23(20)11-6-12-25(29)30/h1-5,7-10,20-21,23-24H,6,11-17H2/t20-,21+,23+,24+/m1/s1. The first-order valence-corrected chi connectivity index (χ1v) is 11.5. The van der Waals surface area contributed by atoms with Crippen molar-refractivity contribution in [2.45, 2.75) is 50.6 Å². The van der Waals surface area contributed by atoms with Crippen molar-refractivity contribution in [2.24, 2.45) is 11.8 Å². The van der Waals surface area contributed by atoms with E-state index in [0.717, 1.165) is 25.7 Å². The van der Waals surface area contributed by atoms with E-state index in [0.29, 0.717) is 31.0 Å². The smallest absolute Gasteiger partial charge is 0.227 e. The molecule has 3 aliphatic heterocycles. The summed E-state index contributed by atoms with van der Waals surface area (Å²) in [6.45, 7) is 1.33. The molecule has 3 aliphatic rings. The van der Waals surface area contributed by atoms with Crippen LogP contribution in [0, 0.1) is 17.7 Å². The van der Waals surface area contributed by atoms with E-state index in [1.807, 2.05) is 23.1 Å². The summed E-state index contributed by atoms with van der Waals surface area (Å²) in [7, 11) is 0. The number of likely N-dealkylation sites (tertiary alicyclic amines) is 1. The number of amides is 2. The Morgan fingerprint density at radius 2 is 1.74 bits per heavy atom. The molecule has 3 heterocycles. The Hall–Kier alpha value is -2.69. The molecule has 0 unspecified atom stereocenters. The quantitative estimate of drug-likeness (QED) is 0.754. The Bertz CT molecular complexity index is 963. The number of hydrogen-bond acceptors (Lipinski definition) is 2. The Labute approximate surface area is 183 Å². The molecule has 2 aromatic carbocycles. The van der Waals surface area contributed by atoms with Gasteiger partial charge in [-0.15, -0.1) is 0 Å². The molecule has 4 nitrogen and oxygen atoms in total. The van der Waals surface area contributed by atoms with Crippen molar-refractivity contribution in [3.05, 3.63) is 71.5 Å². The molecule has 0 N–H and O–H groups in total. The van der Waals surface area contributed by atoms with Crippen molar-refractivity contribution in [3.63, 3.8) is 0 Å². The van der Waals surface area contributed by atoms with Gasteiger partial charge in [-0.1, -0.05) is 48.5 Å². The predicted octanol–water partition coefficient (Wildman–Crippen LogP) is 3.84. The minimum atomic E-state index is -0.320. The summed E-state index contributed by atoms with van der Waals surface area (Å²) in [5.41, 5.74) is 1.69. The summed E-state index contributed by atoms with van der Waals surface area (Å²) >= 11 is 0. The van der Waals surface area contributed by atoms with Crippen molar-refractivity contribution in [1.29, 1.82) is 0 Å². The minimum Gasteiger partial charge on any atom is -0.342 e. The zero-order chi connectivity index (χ0) is 21.4. The molecule has 2 aromatic rings. The molecule has 5 rings (SSSR count). The predicted molar refractivity (Wildman–Crippen MR) is 117 cm³/mol. The van der Waals surface area contributed by atoms with Crippen LogP contribution in [-0.2, 0) is 22.4 Å². The number of fused-ring (bicyclic) bond motifs is 4. The first kappa shape index (κ1) is 20.2. The summed E-state index contributed by atoms with van der Waals surface area (Å²) in [6.07, 6.45) is 4.58. The SMILES string of the molecule is O=C(Cc1ccccc1F)N1C[C@H]2C[C@@H](C1)[C@H](Cc1ccccc1)N1C(=O)CCC[C@@H]21. The van der Waals surface area contributed by atoms with Crippen LogP contribution < -0.4 is 0 Å². The van der Waals surface area contributed by atoms with E-state index in [1.165, 1.54) is 11.6 Å². The van der Waals surface area contributed by atoms with E-state index in [9.17, 15) is 14.0 Å². The van der Waals surface area contributed by atoms with Gasteiger partial charge in [0, 0.05) is 31.6 Å². The molecule has 2 bridgehead atoms. The number of halogens is 1. The fourth-order valence-electron chi connectivity index (χ4n) is 6.01. The number of rotatable bonds is 4. The molecular formula is C26H29FN2O2. The van der Waals surface area contributed by atoms with E-state index in [2.05, 4.69) is 17.0 Å². The number of nitrogens with zero attached hydrogens (tertiary/aromatic N) is 2. The van der Waals surface area contributed by atoms with Gasteiger partial charge in [-0.2, -0.15) is 0 Å². The topological polar surface area (TPSA) is 40.6 Å². The van der Waals surface area contributed by atoms with Crippen LogP contribution in [0.25, 0.3) is 0 Å². The van der Waals surface area contributed by atoms with E-state index < -0.39 is 0 Å². The fraction of sp³-hybridized carbons (Fsp3) is 0.462. The van der Waals surface area contributed by atoms with E-state index >= 15 is 0 Å². The van der Waals surface area contributed by atoms with E-state index in [4.69, 9.17) is 0 Å². The van der Waals surface area contributed by atoms with Crippen molar-refractivity contribution in [2.75, 3.05) is 13.1 Å². The second kappa shape index (κ2) is 8.45. The van der Waals surface area contributed by atoms with Crippen molar-refractivity contribution < 1.29 is 14.0 Å². The molecule has 5 heteroatoms. The first-order chi connectivity index (χ1) is 15.1. The van der Waals surface area contributed by atoms with Crippen LogP contribution in [0.15, 0.2) is 54.6 Å². The first-order valence-electron chi connectivity index (χ1n) is 11.5. The van der Waals surface area contributed by atoms with Crippen LogP contribution in [0.5, 0.6) is 0 Å². The number of piperidine rings is 3. The van der Waals surface area contributed by atoms with Crippen molar-refractivity contribution in [1.82, 2.24) is 9.80 Å². The third kappa shape index (κ3) is 3.98. The van der Waals surface area contributed by atoms with Crippen LogP contribution in [0.1, 0.15) is 36.8 Å². The van der Waals surface area contributed by atoms with Crippen LogP contribution in [0.3, 0.4) is 0 Å². The Morgan fingerprint density at radius 1 is 1.00 bits per heavy atom. The molecule has 3 fully saturated rings. The maximum atomic E-state index is 14.1. The van der Waals surface area contributed by atoms with E-state index in [1.54, 1.807) is 18.2 Å². The monoisotopic (exact) mass is 420 g/mol. The molecule has 4 atom stereocenters. The molecule has 0 aromatic heterocycles. The summed E-state index contributed by atoms with van der Waals surface area (Å²) in [5, 5.41) is 0. The normalized spacial score (nSPS) is 27.7. The van der Waals surface area contributed by atoms with Gasteiger partial charge in [0.2, 0.25) is 11.8 Å². The van der Waals surface area contributed by atoms with Gasteiger partial charge in [0.25, 0.3) is 0 Å². The van der Waals surface area contributed by atoms with Gasteiger partial charge in [-0.3, -0.25) is 9.59 Å². The second-order valence-corrected chi connectivity index (χ2v) is 9.34. The van der Waals surface area contributed by atoms with Gasteiger partial charge < -0.3 is 9.80 Å². The lowest BCUT2D eigenvalue weighted by molar-refractivity contribution is -0.156. The van der Waals surface area contributed by atoms with Crippen molar-refractivity contribution in [3.8, 4) is 0 Å². The number of carbonyl (C=O) groups excluding carboxylic acids is 2. The Balaban J connectivity index is 1.39. The zero-order valence-corrected chi connectivity index (χ0v) is 17.8. The van der Waals surface area contributed by atoms with Crippen LogP contribution >= 0.6 is 0 Å². The summed E-state index contributed by atoms with van der Waals surface area (Å²) in [6, 6.07) is 17.2. The van der Waals surface area contributed by atoms with Gasteiger partial charge in [-0.25, -0.2) is 4.39 Å². The third-order valence-corrected chi connectivity index (χ3v) is 7.44. The van der Waals surface area contributed by atoms with Crippen LogP contribution in [0.2, 0.25) is 0 Å². The number of benzene rings is 2. The Kier molecular flexibility index (Phi) is 5.51. The van der Waals surface area contributed by atoms with Gasteiger partial charge >= 0.3 is 0 Å². The molecule has 0 saturated carbocycles. The van der Waals surface area contributed by atoms with Crippen molar-refractivity contribution >= 4 is 11.8 Å². The zero-order valence-electron chi connectivity index (χ0n) is 17.8. The molecule has 0 radical (unpaired) electrons. The average Bonchev–Trinajstić information content (AvgIpc) is 2.79. The fourth-order valence-corrected chi connectivity index (χ4v) is 6.01. The number of hydrogen-bond donors (Lipinski definition) is 0. The highest BCUT2D eigenvalue weighted by atomic mass is 19.1. The molecule has 31 heavy (non-hydrogen) atoms. The highest BCUT2D eigenvalue weighted by molar-refractivity contribution is 5.80. The molecule has 2 amide bonds. The Morgan fingerprint density at radius 3 is 2.55 bits per heavy atom. The highest BCUT2D eigenvalue weighted by Gasteiger charge is 2.49. The van der Waals surface area contributed by atoms with E-state index in [-0.39, 0.29) is 42.1 Å². The maximum absolute atomic E-state index is 14.1. The van der Waals surface area contributed by atoms with Gasteiger partial charge in [-0.05, 0) is 54.7 Å². The third-order valence-electron chi connectivity index (χ3n) is 7.44. The molecule has 0 spiro atoms. The molecule has 0 aliphatic carbocycles. The lowest BCUT2D eigenvalue weighted by Gasteiger charge is -2.56. The molecule has 162 valence electrons. The van der Waals surface area contributed by atoms with Gasteiger partial charge in [0.05, 0.1) is 6.42 Å². The highest BCUT2D eigenvalue weighted by Crippen LogP contribution is 2.42. The summed E-state index contributed by atoms with van der Waals surface area (Å²) in [4.78, 5) is 30.2. The molecule has 3 saturated heterocycles. The van der Waals surface area contributed by atoms with Crippen LogP contribution in [-0.4, -0.2) is 46.8 Å². The number of carbonyl (C=O) groups is 2. The summed E-state index contributed by atoms with van der Waals surface area (Å²) < 4.78 is 14.1. The second-order valence-electron chi connectivity index (χ2n) is 9.34. The van der Waals surface area contributed by atoms with Gasteiger partial charge in [0.1, 0.15) is 5.82 Å². The largest absolute Gasteiger partial charge is 0.342 e. The van der Waals surface area contributed by atoms with Crippen LogP contribution in [0.4, 0.5) is 4.39 Å². The lowest BCUT2D eigenvalue weighted by Crippen LogP contribution is -2.66.